The summed E-state index contributed by atoms with van der Waals surface area (Å²) in [4.78, 5) is 13.7. The van der Waals surface area contributed by atoms with Crippen molar-refractivity contribution in [2.24, 2.45) is 11.8 Å². The number of nitrogens with one attached hydrogen (secondary N) is 1. The Bertz CT molecular complexity index is 1320. The van der Waals surface area contributed by atoms with E-state index in [0.717, 1.165) is 0 Å². The van der Waals surface area contributed by atoms with Crippen molar-refractivity contribution in [2.45, 2.75) is 18.1 Å². The molecule has 1 aliphatic carbocycles. The van der Waals surface area contributed by atoms with E-state index in [2.05, 4.69) is 21.7 Å². The standard InChI is InChI=1S/C24H20F2N6O2.ClH/c25-21-8-15(32-12-16(34-23(32)33)11-31-6-5-29-30-31)2-3-17(21)14-1-4-18(22(26)7-14)24(13-27)19-9-28-10-20(19)24;/h1-8,16,19-20,28H,9-12H2;1H/t16-,19?,20?,24?;/m0./s1. The van der Waals surface area contributed by atoms with Crippen molar-refractivity contribution < 1.29 is 18.3 Å². The van der Waals surface area contributed by atoms with Crippen LogP contribution in [0.1, 0.15) is 5.56 Å². The number of aromatic nitrogens is 3. The topological polar surface area (TPSA) is 96.1 Å². The molecule has 3 heterocycles. The van der Waals surface area contributed by atoms with E-state index >= 15 is 8.78 Å². The summed E-state index contributed by atoms with van der Waals surface area (Å²) in [5.41, 5.74) is 0.520. The Labute approximate surface area is 205 Å². The van der Waals surface area contributed by atoms with Gasteiger partial charge in [-0.05, 0) is 29.8 Å². The van der Waals surface area contributed by atoms with Crippen LogP contribution >= 0.6 is 12.4 Å². The zero-order valence-corrected chi connectivity index (χ0v) is 19.2. The maximum atomic E-state index is 15.1. The number of nitrogens with zero attached hydrogens (tertiary/aromatic N) is 5. The molecule has 2 unspecified atom stereocenters. The van der Waals surface area contributed by atoms with Crippen molar-refractivity contribution in [1.29, 1.82) is 5.26 Å². The van der Waals surface area contributed by atoms with Gasteiger partial charge in [-0.1, -0.05) is 17.3 Å². The minimum Gasteiger partial charge on any atom is -0.442 e. The molecule has 3 atom stereocenters. The van der Waals surface area contributed by atoms with Crippen LogP contribution in [0.5, 0.6) is 0 Å². The van der Waals surface area contributed by atoms with E-state index in [1.54, 1.807) is 29.1 Å². The van der Waals surface area contributed by atoms with Crippen molar-refractivity contribution in [3.63, 3.8) is 0 Å². The number of anilines is 1. The highest BCUT2D eigenvalue weighted by Gasteiger charge is 2.68. The fourth-order valence-electron chi connectivity index (χ4n) is 5.46. The maximum absolute atomic E-state index is 15.1. The molecule has 2 aliphatic heterocycles. The second kappa shape index (κ2) is 8.59. The normalized spacial score (nSPS) is 26.6. The minimum absolute atomic E-state index is 0. The molecule has 11 heteroatoms. The summed E-state index contributed by atoms with van der Waals surface area (Å²) < 4.78 is 37.1. The highest BCUT2D eigenvalue weighted by atomic mass is 35.5. The summed E-state index contributed by atoms with van der Waals surface area (Å²) in [7, 11) is 0. The van der Waals surface area contributed by atoms with Crippen LogP contribution < -0.4 is 10.2 Å². The number of hydrogen-bond donors (Lipinski definition) is 1. The summed E-state index contributed by atoms with van der Waals surface area (Å²) in [6.45, 7) is 1.99. The van der Waals surface area contributed by atoms with Crippen molar-refractivity contribution in [3.8, 4) is 17.2 Å². The van der Waals surface area contributed by atoms with Crippen LogP contribution in [-0.2, 0) is 16.7 Å². The zero-order chi connectivity index (χ0) is 23.4. The fraction of sp³-hybridized carbons (Fsp3) is 0.333. The van der Waals surface area contributed by atoms with Gasteiger partial charge in [-0.25, -0.2) is 18.3 Å². The van der Waals surface area contributed by atoms with Crippen LogP contribution in [0.2, 0.25) is 0 Å². The van der Waals surface area contributed by atoms with Gasteiger partial charge in [0.15, 0.2) is 0 Å². The average Bonchev–Trinajstić information content (AvgIpc) is 3.35. The molecule has 2 saturated heterocycles. The highest BCUT2D eigenvalue weighted by molar-refractivity contribution is 5.90. The number of rotatable bonds is 5. The number of hydrogen-bond acceptors (Lipinski definition) is 6. The largest absolute Gasteiger partial charge is 0.442 e. The van der Waals surface area contributed by atoms with Gasteiger partial charge in [0.2, 0.25) is 0 Å². The summed E-state index contributed by atoms with van der Waals surface area (Å²) in [5, 5.41) is 20.6. The first-order valence-electron chi connectivity index (χ1n) is 11.1. The summed E-state index contributed by atoms with van der Waals surface area (Å²) in [6.07, 6.45) is 2.19. The average molecular weight is 499 g/mol. The van der Waals surface area contributed by atoms with E-state index in [0.29, 0.717) is 36.4 Å². The molecule has 3 fully saturated rings. The van der Waals surface area contributed by atoms with Gasteiger partial charge in [0.1, 0.15) is 17.7 Å². The number of halogens is 3. The number of carbonyl (C=O) groups is 1. The predicted molar refractivity (Wildman–Crippen MR) is 124 cm³/mol. The van der Waals surface area contributed by atoms with Gasteiger partial charge in [-0.15, -0.1) is 17.5 Å². The third-order valence-corrected chi connectivity index (χ3v) is 7.19. The summed E-state index contributed by atoms with van der Waals surface area (Å²) >= 11 is 0. The third kappa shape index (κ3) is 3.63. The molecule has 0 spiro atoms. The van der Waals surface area contributed by atoms with E-state index in [4.69, 9.17) is 4.74 Å². The Balaban J connectivity index is 0.00000253. The van der Waals surface area contributed by atoms with Gasteiger partial charge in [0.25, 0.3) is 0 Å². The second-order valence-electron chi connectivity index (χ2n) is 8.95. The van der Waals surface area contributed by atoms with Gasteiger partial charge in [0, 0.05) is 42.2 Å². The van der Waals surface area contributed by atoms with E-state index < -0.39 is 29.2 Å². The number of piperidine rings is 1. The molecule has 2 aromatic carbocycles. The molecule has 1 aromatic heterocycles. The number of nitriles is 1. The van der Waals surface area contributed by atoms with Crippen molar-refractivity contribution >= 4 is 24.2 Å². The van der Waals surface area contributed by atoms with Crippen LogP contribution in [0.4, 0.5) is 19.3 Å². The maximum Gasteiger partial charge on any atom is 0.414 e. The number of cyclic esters (lactones) is 1. The lowest BCUT2D eigenvalue weighted by molar-refractivity contribution is 0.129. The molecule has 180 valence electrons. The minimum atomic E-state index is -0.796. The second-order valence-corrected chi connectivity index (χ2v) is 8.95. The zero-order valence-electron chi connectivity index (χ0n) is 18.4. The Morgan fingerprint density at radius 2 is 1.97 bits per heavy atom. The van der Waals surface area contributed by atoms with Crippen LogP contribution in [0.25, 0.3) is 11.1 Å². The number of ether oxygens (including phenoxy) is 1. The fourth-order valence-corrected chi connectivity index (χ4v) is 5.46. The van der Waals surface area contributed by atoms with Crippen molar-refractivity contribution in [1.82, 2.24) is 20.3 Å². The smallest absolute Gasteiger partial charge is 0.414 e. The molecule has 0 bridgehead atoms. The van der Waals surface area contributed by atoms with Crippen molar-refractivity contribution in [3.05, 3.63) is 66.0 Å². The molecule has 6 rings (SSSR count). The Hall–Kier alpha value is -3.55. The number of carbonyl (C=O) groups excluding carboxylic acids is 1. The third-order valence-electron chi connectivity index (χ3n) is 7.19. The predicted octanol–water partition coefficient (Wildman–Crippen LogP) is 3.28. The van der Waals surface area contributed by atoms with Crippen molar-refractivity contribution in [2.75, 3.05) is 24.5 Å². The Morgan fingerprint density at radius 3 is 2.63 bits per heavy atom. The molecule has 3 aromatic rings. The lowest BCUT2D eigenvalue weighted by atomic mass is 9.89. The van der Waals surface area contributed by atoms with Crippen LogP contribution in [-0.4, -0.2) is 46.8 Å². The molecule has 3 aliphatic rings. The van der Waals surface area contributed by atoms with Gasteiger partial charge in [-0.3, -0.25) is 4.90 Å². The SMILES string of the molecule is Cl.N#CC1(c2ccc(-c3ccc(N4C[C@H](Cn5ccnn5)OC4=O)cc3F)cc2F)C2CNCC21. The molecular formula is C24H21ClF2N6O2. The van der Waals surface area contributed by atoms with E-state index in [1.165, 1.54) is 29.3 Å². The number of fused-ring (bicyclic) bond motifs is 1. The Morgan fingerprint density at radius 1 is 1.17 bits per heavy atom. The molecule has 1 N–H and O–H groups in total. The highest BCUT2D eigenvalue weighted by Crippen LogP contribution is 2.61. The number of benzene rings is 2. The first-order chi connectivity index (χ1) is 16.5. The van der Waals surface area contributed by atoms with Crippen LogP contribution in [0.3, 0.4) is 0 Å². The first-order valence-corrected chi connectivity index (χ1v) is 11.1. The van der Waals surface area contributed by atoms with Gasteiger partial charge in [-0.2, -0.15) is 5.26 Å². The summed E-state index contributed by atoms with van der Waals surface area (Å²) in [5.74, 6) is -0.861. The quantitative estimate of drug-likeness (QED) is 0.580. The van der Waals surface area contributed by atoms with Crippen LogP contribution in [0, 0.1) is 34.8 Å². The number of amides is 1. The van der Waals surface area contributed by atoms with E-state index in [9.17, 15) is 10.1 Å². The van der Waals surface area contributed by atoms with E-state index in [-0.39, 0.29) is 36.4 Å². The van der Waals surface area contributed by atoms with Gasteiger partial charge in [0.05, 0.1) is 36.5 Å². The molecule has 0 radical (unpaired) electrons. The Kier molecular flexibility index (Phi) is 5.69. The molecule has 35 heavy (non-hydrogen) atoms. The monoisotopic (exact) mass is 498 g/mol. The molecule has 1 amide bonds. The lowest BCUT2D eigenvalue weighted by Gasteiger charge is -2.17. The van der Waals surface area contributed by atoms with Gasteiger partial charge < -0.3 is 10.1 Å². The van der Waals surface area contributed by atoms with Crippen LogP contribution in [0.15, 0.2) is 48.8 Å². The summed E-state index contributed by atoms with van der Waals surface area (Å²) in [6, 6.07) is 11.2. The molecule has 1 saturated carbocycles. The van der Waals surface area contributed by atoms with E-state index in [1.807, 2.05) is 0 Å². The first kappa shape index (κ1) is 23.2. The molecule has 8 nitrogen and oxygen atoms in total. The lowest BCUT2D eigenvalue weighted by Crippen LogP contribution is -2.26. The molecular weight excluding hydrogens is 478 g/mol. The van der Waals surface area contributed by atoms with Gasteiger partial charge >= 0.3 is 6.09 Å².